The van der Waals surface area contributed by atoms with Gasteiger partial charge in [-0.2, -0.15) is 0 Å². The van der Waals surface area contributed by atoms with Crippen molar-refractivity contribution >= 4 is 17.4 Å². The van der Waals surface area contributed by atoms with Crippen LogP contribution in [0, 0.1) is 5.92 Å². The smallest absolute Gasteiger partial charge is 0.410 e. The van der Waals surface area contributed by atoms with Crippen LogP contribution in [0.25, 0.3) is 0 Å². The summed E-state index contributed by atoms with van der Waals surface area (Å²) in [6, 6.07) is 0. The van der Waals surface area contributed by atoms with Crippen LogP contribution in [-0.4, -0.2) is 41.2 Å². The maximum Gasteiger partial charge on any atom is 0.410 e. The number of piperidine rings is 1. The van der Waals surface area contributed by atoms with E-state index in [2.05, 4.69) is 10.3 Å². The van der Waals surface area contributed by atoms with E-state index in [1.165, 1.54) is 0 Å². The Morgan fingerprint density at radius 3 is 3.05 bits per heavy atom. The van der Waals surface area contributed by atoms with Crippen molar-refractivity contribution in [3.8, 4) is 0 Å². The molecule has 1 atom stereocenters. The highest BCUT2D eigenvalue weighted by atomic mass is 32.1. The molecule has 0 radical (unpaired) electrons. The van der Waals surface area contributed by atoms with Gasteiger partial charge in [0.05, 0.1) is 0 Å². The molecule has 6 heteroatoms. The van der Waals surface area contributed by atoms with Gasteiger partial charge in [-0.05, 0) is 39.5 Å². The molecule has 0 saturated carbocycles. The number of likely N-dealkylation sites (tertiary alicyclic amines) is 1. The summed E-state index contributed by atoms with van der Waals surface area (Å²) in [5.41, 5.74) is -0.423. The molecule has 2 heterocycles. The first-order valence-electron chi connectivity index (χ1n) is 7.51. The van der Waals surface area contributed by atoms with Gasteiger partial charge in [0.1, 0.15) is 10.6 Å². The molecule has 1 amide bonds. The standard InChI is InChI=1S/C15H25N3O2S/c1-15(2,3)20-14(19)18-7-4-5-12(11-18)9-16-10-13-17-6-8-21-13/h6,8,12,16H,4-5,7,9-11H2,1-3H3. The van der Waals surface area contributed by atoms with Crippen LogP contribution in [0.1, 0.15) is 38.6 Å². The molecule has 1 N–H and O–H groups in total. The van der Waals surface area contributed by atoms with Crippen LogP contribution in [-0.2, 0) is 11.3 Å². The average Bonchev–Trinajstić information content (AvgIpc) is 2.90. The van der Waals surface area contributed by atoms with Gasteiger partial charge >= 0.3 is 6.09 Å². The van der Waals surface area contributed by atoms with Gasteiger partial charge in [-0.3, -0.25) is 0 Å². The molecule has 1 fully saturated rings. The van der Waals surface area contributed by atoms with Crippen molar-refractivity contribution in [3.63, 3.8) is 0 Å². The lowest BCUT2D eigenvalue weighted by Crippen LogP contribution is -2.44. The summed E-state index contributed by atoms with van der Waals surface area (Å²) in [4.78, 5) is 18.2. The summed E-state index contributed by atoms with van der Waals surface area (Å²) < 4.78 is 5.45. The van der Waals surface area contributed by atoms with E-state index >= 15 is 0 Å². The molecule has 1 saturated heterocycles. The summed E-state index contributed by atoms with van der Waals surface area (Å²) in [6.07, 6.45) is 3.84. The third-order valence-electron chi connectivity index (χ3n) is 3.36. The lowest BCUT2D eigenvalue weighted by molar-refractivity contribution is 0.0166. The van der Waals surface area contributed by atoms with Gasteiger partial charge in [0.15, 0.2) is 0 Å². The molecule has 2 rings (SSSR count). The molecular formula is C15H25N3O2S. The molecule has 0 bridgehead atoms. The predicted octanol–water partition coefficient (Wildman–Crippen LogP) is 2.88. The van der Waals surface area contributed by atoms with Crippen molar-refractivity contribution in [2.45, 2.75) is 45.8 Å². The molecule has 0 aliphatic carbocycles. The lowest BCUT2D eigenvalue weighted by atomic mass is 9.98. The highest BCUT2D eigenvalue weighted by Crippen LogP contribution is 2.19. The molecule has 1 aromatic heterocycles. The minimum absolute atomic E-state index is 0.188. The third-order valence-corrected chi connectivity index (χ3v) is 4.14. The Morgan fingerprint density at radius 1 is 1.57 bits per heavy atom. The van der Waals surface area contributed by atoms with Crippen LogP contribution in [0.4, 0.5) is 4.79 Å². The summed E-state index contributed by atoms with van der Waals surface area (Å²) in [7, 11) is 0. The minimum Gasteiger partial charge on any atom is -0.444 e. The van der Waals surface area contributed by atoms with Crippen molar-refractivity contribution in [2.24, 2.45) is 5.92 Å². The van der Waals surface area contributed by atoms with E-state index in [9.17, 15) is 4.79 Å². The first-order chi connectivity index (χ1) is 9.94. The second-order valence-electron chi connectivity index (χ2n) is 6.49. The number of carbonyl (C=O) groups is 1. The van der Waals surface area contributed by atoms with Crippen LogP contribution in [0.5, 0.6) is 0 Å². The number of nitrogens with zero attached hydrogens (tertiary/aromatic N) is 2. The Hall–Kier alpha value is -1.14. The number of hydrogen-bond donors (Lipinski definition) is 1. The first kappa shape index (κ1) is 16.2. The fraction of sp³-hybridized carbons (Fsp3) is 0.733. The van der Waals surface area contributed by atoms with Crippen LogP contribution in [0.3, 0.4) is 0 Å². The van der Waals surface area contributed by atoms with Gasteiger partial charge in [-0.25, -0.2) is 9.78 Å². The molecule has 0 aromatic carbocycles. The maximum absolute atomic E-state index is 12.1. The fourth-order valence-electron chi connectivity index (χ4n) is 2.45. The van der Waals surface area contributed by atoms with Gasteiger partial charge in [0.25, 0.3) is 0 Å². The highest BCUT2D eigenvalue weighted by Gasteiger charge is 2.27. The van der Waals surface area contributed by atoms with Crippen molar-refractivity contribution in [1.82, 2.24) is 15.2 Å². The number of hydrogen-bond acceptors (Lipinski definition) is 5. The maximum atomic E-state index is 12.1. The van der Waals surface area contributed by atoms with Gasteiger partial charge in [-0.15, -0.1) is 11.3 Å². The molecular weight excluding hydrogens is 286 g/mol. The predicted molar refractivity (Wildman–Crippen MR) is 84.4 cm³/mol. The molecule has 1 aromatic rings. The number of nitrogens with one attached hydrogen (secondary N) is 1. The number of aromatic nitrogens is 1. The van der Waals surface area contributed by atoms with Gasteiger partial charge in [0.2, 0.25) is 0 Å². The van der Waals surface area contributed by atoms with Crippen molar-refractivity contribution in [2.75, 3.05) is 19.6 Å². The highest BCUT2D eigenvalue weighted by molar-refractivity contribution is 7.09. The fourth-order valence-corrected chi connectivity index (χ4v) is 3.03. The zero-order valence-electron chi connectivity index (χ0n) is 13.1. The Morgan fingerprint density at radius 2 is 2.38 bits per heavy atom. The number of carbonyl (C=O) groups excluding carboxylic acids is 1. The molecule has 1 unspecified atom stereocenters. The molecule has 21 heavy (non-hydrogen) atoms. The van der Waals surface area contributed by atoms with Gasteiger partial charge < -0.3 is 15.0 Å². The molecule has 5 nitrogen and oxygen atoms in total. The minimum atomic E-state index is -0.423. The van der Waals surface area contributed by atoms with E-state index in [4.69, 9.17) is 4.74 Å². The molecule has 0 spiro atoms. The second kappa shape index (κ2) is 7.22. The quantitative estimate of drug-likeness (QED) is 0.929. The number of rotatable bonds is 4. The largest absolute Gasteiger partial charge is 0.444 e. The Kier molecular flexibility index (Phi) is 5.58. The summed E-state index contributed by atoms with van der Waals surface area (Å²) in [5.74, 6) is 0.492. The van der Waals surface area contributed by atoms with E-state index in [-0.39, 0.29) is 6.09 Å². The SMILES string of the molecule is CC(C)(C)OC(=O)N1CCCC(CNCc2nccs2)C1. The normalized spacial score (nSPS) is 19.6. The third kappa shape index (κ3) is 5.63. The number of amides is 1. The topological polar surface area (TPSA) is 54.5 Å². The number of thiazole rings is 1. The Balaban J connectivity index is 1.74. The van der Waals surface area contributed by atoms with Crippen molar-refractivity contribution < 1.29 is 9.53 Å². The first-order valence-corrected chi connectivity index (χ1v) is 8.39. The summed E-state index contributed by atoms with van der Waals surface area (Å²) in [5, 5.41) is 6.53. The van der Waals surface area contributed by atoms with E-state index in [1.54, 1.807) is 11.3 Å². The van der Waals surface area contributed by atoms with E-state index in [0.29, 0.717) is 5.92 Å². The Labute approximate surface area is 130 Å². The average molecular weight is 311 g/mol. The van der Waals surface area contributed by atoms with Gasteiger partial charge in [-0.1, -0.05) is 0 Å². The van der Waals surface area contributed by atoms with E-state index in [0.717, 1.165) is 44.0 Å². The zero-order chi connectivity index (χ0) is 15.3. The monoisotopic (exact) mass is 311 g/mol. The molecule has 1 aliphatic rings. The second-order valence-corrected chi connectivity index (χ2v) is 7.47. The number of ether oxygens (including phenoxy) is 1. The summed E-state index contributed by atoms with van der Waals surface area (Å²) >= 11 is 1.66. The van der Waals surface area contributed by atoms with E-state index in [1.807, 2.05) is 37.2 Å². The lowest BCUT2D eigenvalue weighted by Gasteiger charge is -2.34. The van der Waals surface area contributed by atoms with Crippen LogP contribution < -0.4 is 5.32 Å². The molecule has 1 aliphatic heterocycles. The van der Waals surface area contributed by atoms with Crippen LogP contribution >= 0.6 is 11.3 Å². The zero-order valence-corrected chi connectivity index (χ0v) is 13.9. The molecule has 118 valence electrons. The van der Waals surface area contributed by atoms with Crippen molar-refractivity contribution in [1.29, 1.82) is 0 Å². The van der Waals surface area contributed by atoms with E-state index < -0.39 is 5.60 Å². The van der Waals surface area contributed by atoms with Crippen molar-refractivity contribution in [3.05, 3.63) is 16.6 Å². The van der Waals surface area contributed by atoms with Crippen LogP contribution in [0.15, 0.2) is 11.6 Å². The van der Waals surface area contributed by atoms with Crippen LogP contribution in [0.2, 0.25) is 0 Å². The van der Waals surface area contributed by atoms with Gasteiger partial charge in [0, 0.05) is 37.8 Å². The summed E-state index contributed by atoms with van der Waals surface area (Å²) in [6.45, 7) is 9.02. The Bertz CT molecular complexity index is 442.